The fraction of sp³-hybridized carbons (Fsp3) is 0.0769. The summed E-state index contributed by atoms with van der Waals surface area (Å²) in [5.74, 6) is 0.509. The number of aryl methyl sites for hydroxylation is 1. The molecule has 0 bridgehead atoms. The Hall–Kier alpha value is -2.41. The fourth-order valence-electron chi connectivity index (χ4n) is 1.39. The Morgan fingerprint density at radius 2 is 1.94 bits per heavy atom. The van der Waals surface area contributed by atoms with Crippen LogP contribution in [0, 0.1) is 24.1 Å². The molecule has 4 heteroatoms. The summed E-state index contributed by atoms with van der Waals surface area (Å²) in [6, 6.07) is 7.65. The van der Waals surface area contributed by atoms with Crippen molar-refractivity contribution in [2.24, 2.45) is 0 Å². The lowest BCUT2D eigenvalue weighted by Crippen LogP contribution is -1.92. The van der Waals surface area contributed by atoms with E-state index in [-0.39, 0.29) is 5.82 Å². The molecule has 3 nitrogen and oxygen atoms in total. The van der Waals surface area contributed by atoms with Crippen LogP contribution < -0.4 is 4.74 Å². The Bertz CT molecular complexity index is 573. The summed E-state index contributed by atoms with van der Waals surface area (Å²) >= 11 is 0. The highest BCUT2D eigenvalue weighted by Crippen LogP contribution is 2.25. The van der Waals surface area contributed by atoms with Gasteiger partial charge >= 0.3 is 0 Å². The third-order valence-corrected chi connectivity index (χ3v) is 2.25. The van der Waals surface area contributed by atoms with Gasteiger partial charge in [-0.3, -0.25) is 4.98 Å². The predicted octanol–water partition coefficient (Wildman–Crippen LogP) is 3.19. The monoisotopic (exact) mass is 228 g/mol. The van der Waals surface area contributed by atoms with Crippen LogP contribution in [0.3, 0.4) is 0 Å². The molecule has 1 aromatic carbocycles. The van der Waals surface area contributed by atoms with Gasteiger partial charge in [0, 0.05) is 6.20 Å². The first-order valence-corrected chi connectivity index (χ1v) is 4.99. The molecule has 84 valence electrons. The average Bonchev–Trinajstić information content (AvgIpc) is 2.32. The zero-order valence-electron chi connectivity index (χ0n) is 9.14. The summed E-state index contributed by atoms with van der Waals surface area (Å²) in [7, 11) is 0. The lowest BCUT2D eigenvalue weighted by Gasteiger charge is -2.07. The Labute approximate surface area is 98.1 Å². The number of nitriles is 1. The maximum absolute atomic E-state index is 12.7. The van der Waals surface area contributed by atoms with E-state index >= 15 is 0 Å². The van der Waals surface area contributed by atoms with Gasteiger partial charge in [0.2, 0.25) is 0 Å². The van der Waals surface area contributed by atoms with Gasteiger partial charge < -0.3 is 4.74 Å². The van der Waals surface area contributed by atoms with E-state index in [1.54, 1.807) is 13.1 Å². The Morgan fingerprint density at radius 1 is 1.24 bits per heavy atom. The van der Waals surface area contributed by atoms with Crippen molar-refractivity contribution in [2.45, 2.75) is 6.92 Å². The van der Waals surface area contributed by atoms with Gasteiger partial charge in [0.25, 0.3) is 0 Å². The fourth-order valence-corrected chi connectivity index (χ4v) is 1.39. The quantitative estimate of drug-likeness (QED) is 0.792. The van der Waals surface area contributed by atoms with Crippen molar-refractivity contribution in [1.29, 1.82) is 5.26 Å². The maximum atomic E-state index is 12.7. The molecule has 0 amide bonds. The van der Waals surface area contributed by atoms with E-state index < -0.39 is 0 Å². The van der Waals surface area contributed by atoms with Crippen molar-refractivity contribution in [1.82, 2.24) is 4.98 Å². The van der Waals surface area contributed by atoms with Crippen LogP contribution in [-0.4, -0.2) is 4.98 Å². The van der Waals surface area contributed by atoms with Crippen LogP contribution in [0.25, 0.3) is 0 Å². The van der Waals surface area contributed by atoms with Gasteiger partial charge in [-0.05, 0) is 36.8 Å². The van der Waals surface area contributed by atoms with Crippen molar-refractivity contribution in [3.05, 3.63) is 53.6 Å². The second-order valence-corrected chi connectivity index (χ2v) is 3.50. The van der Waals surface area contributed by atoms with Gasteiger partial charge in [-0.2, -0.15) is 5.26 Å². The number of ether oxygens (including phenoxy) is 1. The van der Waals surface area contributed by atoms with E-state index in [9.17, 15) is 4.39 Å². The molecule has 0 N–H and O–H groups in total. The minimum absolute atomic E-state index is 0.333. The molecule has 0 aliphatic carbocycles. The molecule has 0 aliphatic rings. The van der Waals surface area contributed by atoms with Crippen LogP contribution in [0.15, 0.2) is 36.7 Å². The Kier molecular flexibility index (Phi) is 3.01. The van der Waals surface area contributed by atoms with Gasteiger partial charge in [0.05, 0.1) is 6.20 Å². The lowest BCUT2D eigenvalue weighted by atomic mass is 10.1. The second-order valence-electron chi connectivity index (χ2n) is 3.50. The molecule has 0 radical (unpaired) electrons. The molecule has 0 spiro atoms. The molecule has 0 saturated heterocycles. The summed E-state index contributed by atoms with van der Waals surface area (Å²) in [6.45, 7) is 1.78. The number of aromatic nitrogens is 1. The van der Waals surface area contributed by atoms with Crippen LogP contribution >= 0.6 is 0 Å². The molecular weight excluding hydrogens is 219 g/mol. The SMILES string of the molecule is Cc1cncc(Oc2ccc(F)cc2)c1C#N. The number of halogens is 1. The number of rotatable bonds is 2. The molecule has 1 aromatic heterocycles. The van der Waals surface area contributed by atoms with Crippen molar-refractivity contribution < 1.29 is 9.13 Å². The molecule has 0 atom stereocenters. The van der Waals surface area contributed by atoms with E-state index in [4.69, 9.17) is 10.00 Å². The zero-order valence-corrected chi connectivity index (χ0v) is 9.14. The first-order valence-electron chi connectivity index (χ1n) is 4.99. The van der Waals surface area contributed by atoms with Gasteiger partial charge in [-0.15, -0.1) is 0 Å². The van der Waals surface area contributed by atoms with E-state index in [2.05, 4.69) is 11.1 Å². The van der Waals surface area contributed by atoms with Gasteiger partial charge in [0.15, 0.2) is 5.75 Å². The van der Waals surface area contributed by atoms with Crippen molar-refractivity contribution in [2.75, 3.05) is 0 Å². The molecule has 2 aromatic rings. The molecule has 17 heavy (non-hydrogen) atoms. The molecule has 0 saturated carbocycles. The summed E-state index contributed by atoms with van der Waals surface area (Å²) in [5.41, 5.74) is 1.18. The summed E-state index contributed by atoms with van der Waals surface area (Å²) < 4.78 is 18.2. The summed E-state index contributed by atoms with van der Waals surface area (Å²) in [6.07, 6.45) is 3.06. The molecule has 0 aliphatic heterocycles. The van der Waals surface area contributed by atoms with E-state index in [0.29, 0.717) is 17.1 Å². The van der Waals surface area contributed by atoms with Crippen LogP contribution in [0.2, 0.25) is 0 Å². The summed E-state index contributed by atoms with van der Waals surface area (Å²) in [5, 5.41) is 9.00. The topological polar surface area (TPSA) is 45.9 Å². The van der Waals surface area contributed by atoms with E-state index in [0.717, 1.165) is 5.56 Å². The predicted molar refractivity (Wildman–Crippen MR) is 60.2 cm³/mol. The lowest BCUT2D eigenvalue weighted by molar-refractivity contribution is 0.476. The van der Waals surface area contributed by atoms with E-state index in [1.807, 2.05) is 0 Å². The van der Waals surface area contributed by atoms with Gasteiger partial charge in [-0.1, -0.05) is 0 Å². The summed E-state index contributed by atoms with van der Waals surface area (Å²) in [4.78, 5) is 3.96. The van der Waals surface area contributed by atoms with Crippen molar-refractivity contribution >= 4 is 0 Å². The van der Waals surface area contributed by atoms with Crippen molar-refractivity contribution in [3.8, 4) is 17.6 Å². The number of hydrogen-bond acceptors (Lipinski definition) is 3. The largest absolute Gasteiger partial charge is 0.454 e. The number of nitrogens with zero attached hydrogens (tertiary/aromatic N) is 2. The van der Waals surface area contributed by atoms with E-state index in [1.165, 1.54) is 30.5 Å². The Balaban J connectivity index is 2.34. The maximum Gasteiger partial charge on any atom is 0.163 e. The van der Waals surface area contributed by atoms with Crippen LogP contribution in [0.1, 0.15) is 11.1 Å². The molecule has 1 heterocycles. The molecule has 0 fully saturated rings. The second kappa shape index (κ2) is 4.62. The van der Waals surface area contributed by atoms with Crippen LogP contribution in [0.4, 0.5) is 4.39 Å². The smallest absolute Gasteiger partial charge is 0.163 e. The number of hydrogen-bond donors (Lipinski definition) is 0. The zero-order chi connectivity index (χ0) is 12.3. The highest BCUT2D eigenvalue weighted by molar-refractivity contribution is 5.47. The Morgan fingerprint density at radius 3 is 2.59 bits per heavy atom. The minimum Gasteiger partial charge on any atom is -0.454 e. The van der Waals surface area contributed by atoms with Crippen LogP contribution in [-0.2, 0) is 0 Å². The van der Waals surface area contributed by atoms with Gasteiger partial charge in [0.1, 0.15) is 23.2 Å². The normalized spacial score (nSPS) is 9.71. The number of pyridine rings is 1. The minimum atomic E-state index is -0.333. The first kappa shape index (κ1) is 11.1. The highest BCUT2D eigenvalue weighted by Gasteiger charge is 2.07. The average molecular weight is 228 g/mol. The van der Waals surface area contributed by atoms with Gasteiger partial charge in [-0.25, -0.2) is 4.39 Å². The molecule has 0 unspecified atom stereocenters. The van der Waals surface area contributed by atoms with Crippen LogP contribution in [0.5, 0.6) is 11.5 Å². The number of benzene rings is 1. The van der Waals surface area contributed by atoms with Crippen molar-refractivity contribution in [3.63, 3.8) is 0 Å². The third kappa shape index (κ3) is 2.40. The molecular formula is C13H9FN2O. The first-order chi connectivity index (χ1) is 8.20. The standard InChI is InChI=1S/C13H9FN2O/c1-9-7-16-8-13(12(9)6-15)17-11-4-2-10(14)3-5-11/h2-5,7-8H,1H3. The third-order valence-electron chi connectivity index (χ3n) is 2.25. The molecule has 2 rings (SSSR count). The highest BCUT2D eigenvalue weighted by atomic mass is 19.1.